The normalized spacial score (nSPS) is 19.1. The molecule has 2 aromatic rings. The van der Waals surface area contributed by atoms with Gasteiger partial charge in [0.25, 0.3) is 5.91 Å². The van der Waals surface area contributed by atoms with E-state index in [0.717, 1.165) is 63.3 Å². The number of carbonyl (C=O) groups excluding carboxylic acids is 1. The van der Waals surface area contributed by atoms with Crippen molar-refractivity contribution in [2.45, 2.75) is 44.8 Å². The van der Waals surface area contributed by atoms with Crippen molar-refractivity contribution < 1.29 is 9.53 Å². The minimum absolute atomic E-state index is 0.0428. The quantitative estimate of drug-likeness (QED) is 0.773. The summed E-state index contributed by atoms with van der Waals surface area (Å²) in [5.41, 5.74) is 1.16. The van der Waals surface area contributed by atoms with Crippen molar-refractivity contribution >= 4 is 17.2 Å². The van der Waals surface area contributed by atoms with Gasteiger partial charge in [-0.1, -0.05) is 6.92 Å². The molecule has 0 aliphatic carbocycles. The Kier molecular flexibility index (Phi) is 5.61. The maximum Gasteiger partial charge on any atom is 0.261 e. The molecular formula is C20H28N4O2S. The van der Waals surface area contributed by atoms with Crippen molar-refractivity contribution in [3.05, 3.63) is 40.1 Å². The summed E-state index contributed by atoms with van der Waals surface area (Å²) in [5.74, 6) is 0.0428. The Balaban J connectivity index is 1.38. The van der Waals surface area contributed by atoms with E-state index in [1.165, 1.54) is 10.4 Å². The van der Waals surface area contributed by atoms with Gasteiger partial charge < -0.3 is 19.5 Å². The van der Waals surface area contributed by atoms with Gasteiger partial charge in [0.15, 0.2) is 0 Å². The molecule has 0 atom stereocenters. The van der Waals surface area contributed by atoms with E-state index < -0.39 is 0 Å². The summed E-state index contributed by atoms with van der Waals surface area (Å²) in [6.07, 6.45) is 9.39. The summed E-state index contributed by atoms with van der Waals surface area (Å²) in [6, 6.07) is 2.10. The van der Waals surface area contributed by atoms with Crippen molar-refractivity contribution in [3.8, 4) is 0 Å². The van der Waals surface area contributed by atoms with Crippen LogP contribution in [-0.4, -0.2) is 53.1 Å². The van der Waals surface area contributed by atoms with Crippen LogP contribution in [0.15, 0.2) is 24.8 Å². The Hall–Kier alpha value is -1.70. The van der Waals surface area contributed by atoms with E-state index in [0.29, 0.717) is 6.54 Å². The number of aryl methyl sites for hydroxylation is 1. The molecule has 7 heteroatoms. The summed E-state index contributed by atoms with van der Waals surface area (Å²) in [4.78, 5) is 21.3. The molecule has 0 unspecified atom stereocenters. The monoisotopic (exact) mass is 388 g/mol. The highest BCUT2D eigenvalue weighted by molar-refractivity contribution is 7.14. The highest BCUT2D eigenvalue weighted by atomic mass is 32.1. The second-order valence-corrected chi connectivity index (χ2v) is 8.45. The van der Waals surface area contributed by atoms with Gasteiger partial charge in [0, 0.05) is 43.4 Å². The van der Waals surface area contributed by atoms with Gasteiger partial charge in [-0.2, -0.15) is 0 Å². The number of imidazole rings is 1. The van der Waals surface area contributed by atoms with Crippen molar-refractivity contribution in [1.82, 2.24) is 19.8 Å². The third-order valence-electron chi connectivity index (χ3n) is 5.75. The lowest BCUT2D eigenvalue weighted by Gasteiger charge is -2.43. The number of aromatic nitrogens is 2. The SMILES string of the molecule is CCN1CCC2(CC1)OCCc1cc(C(=O)NCCCn3ccnc3)sc12. The molecule has 4 rings (SSSR count). The molecule has 1 spiro atoms. The zero-order valence-corrected chi connectivity index (χ0v) is 16.8. The van der Waals surface area contributed by atoms with Crippen molar-refractivity contribution in [1.29, 1.82) is 0 Å². The van der Waals surface area contributed by atoms with Gasteiger partial charge in [-0.25, -0.2) is 4.98 Å². The van der Waals surface area contributed by atoms with E-state index in [-0.39, 0.29) is 11.5 Å². The molecule has 4 heterocycles. The lowest BCUT2D eigenvalue weighted by Crippen LogP contribution is -2.45. The average molecular weight is 389 g/mol. The van der Waals surface area contributed by atoms with Crippen molar-refractivity contribution in [3.63, 3.8) is 0 Å². The third-order valence-corrected chi connectivity index (χ3v) is 7.11. The number of rotatable bonds is 6. The summed E-state index contributed by atoms with van der Waals surface area (Å²) in [7, 11) is 0. The molecule has 6 nitrogen and oxygen atoms in total. The van der Waals surface area contributed by atoms with Crippen LogP contribution in [-0.2, 0) is 23.3 Å². The molecule has 2 aliphatic rings. The topological polar surface area (TPSA) is 59.4 Å². The molecule has 2 aliphatic heterocycles. The molecule has 0 saturated carbocycles. The van der Waals surface area contributed by atoms with E-state index in [1.807, 2.05) is 10.8 Å². The number of nitrogens with zero attached hydrogens (tertiary/aromatic N) is 3. The highest BCUT2D eigenvalue weighted by Gasteiger charge is 2.42. The van der Waals surface area contributed by atoms with Gasteiger partial charge in [-0.15, -0.1) is 11.3 Å². The second kappa shape index (κ2) is 8.12. The van der Waals surface area contributed by atoms with Gasteiger partial charge in [0.1, 0.15) is 5.60 Å². The standard InChI is InChI=1S/C20H28N4O2S/c1-2-23-10-5-20(6-11-23)18-16(4-13-26-20)14-17(27-18)19(25)22-7-3-9-24-12-8-21-15-24/h8,12,14-15H,2-7,9-11,13H2,1H3,(H,22,25). The lowest BCUT2D eigenvalue weighted by atomic mass is 9.85. The van der Waals surface area contributed by atoms with Crippen molar-refractivity contribution in [2.75, 3.05) is 32.8 Å². The summed E-state index contributed by atoms with van der Waals surface area (Å²) >= 11 is 1.64. The number of ether oxygens (including phenoxy) is 1. The first-order valence-corrected chi connectivity index (χ1v) is 10.8. The number of hydrogen-bond acceptors (Lipinski definition) is 5. The molecule has 1 N–H and O–H groups in total. The average Bonchev–Trinajstić information content (AvgIpc) is 3.36. The molecule has 0 bridgehead atoms. The van der Waals surface area contributed by atoms with Gasteiger partial charge >= 0.3 is 0 Å². The number of hydrogen-bond donors (Lipinski definition) is 1. The van der Waals surface area contributed by atoms with Gasteiger partial charge in [0.2, 0.25) is 0 Å². The molecule has 0 aromatic carbocycles. The zero-order chi connectivity index (χ0) is 18.7. The van der Waals surface area contributed by atoms with Crippen LogP contribution in [0.25, 0.3) is 0 Å². The Labute approximate surface area is 164 Å². The third kappa shape index (κ3) is 3.95. The Morgan fingerprint density at radius 2 is 2.26 bits per heavy atom. The maximum absolute atomic E-state index is 12.6. The zero-order valence-electron chi connectivity index (χ0n) is 15.9. The number of thiophene rings is 1. The van der Waals surface area contributed by atoms with E-state index in [9.17, 15) is 4.79 Å². The molecule has 0 radical (unpaired) electrons. The maximum atomic E-state index is 12.6. The molecule has 146 valence electrons. The molecule has 2 aromatic heterocycles. The number of amides is 1. The van der Waals surface area contributed by atoms with E-state index >= 15 is 0 Å². The van der Waals surface area contributed by atoms with Crippen molar-refractivity contribution in [2.24, 2.45) is 0 Å². The fourth-order valence-electron chi connectivity index (χ4n) is 4.11. The summed E-state index contributed by atoms with van der Waals surface area (Å²) in [6.45, 7) is 7.76. The fraction of sp³-hybridized carbons (Fsp3) is 0.600. The predicted octanol–water partition coefficient (Wildman–Crippen LogP) is 2.65. The van der Waals surface area contributed by atoms with E-state index in [4.69, 9.17) is 4.74 Å². The largest absolute Gasteiger partial charge is 0.369 e. The Bertz CT molecular complexity index is 763. The predicted molar refractivity (Wildman–Crippen MR) is 106 cm³/mol. The fourth-order valence-corrected chi connectivity index (χ4v) is 5.43. The first kappa shape index (κ1) is 18.7. The van der Waals surface area contributed by atoms with Crippen LogP contribution >= 0.6 is 11.3 Å². The smallest absolute Gasteiger partial charge is 0.261 e. The lowest BCUT2D eigenvalue weighted by molar-refractivity contribution is -0.0944. The first-order valence-electron chi connectivity index (χ1n) is 9.93. The van der Waals surface area contributed by atoms with Crippen LogP contribution in [0.4, 0.5) is 0 Å². The van der Waals surface area contributed by atoms with Crippen LogP contribution in [0, 0.1) is 0 Å². The van der Waals surface area contributed by atoms with Gasteiger partial charge in [-0.3, -0.25) is 4.79 Å². The number of carbonyl (C=O) groups is 1. The Morgan fingerprint density at radius 1 is 1.41 bits per heavy atom. The molecule has 1 amide bonds. The van der Waals surface area contributed by atoms with Crippen LogP contribution in [0.5, 0.6) is 0 Å². The molecule has 1 fully saturated rings. The highest BCUT2D eigenvalue weighted by Crippen LogP contribution is 2.45. The number of nitrogens with one attached hydrogen (secondary N) is 1. The molecular weight excluding hydrogens is 360 g/mol. The van der Waals surface area contributed by atoms with Gasteiger partial charge in [0.05, 0.1) is 17.8 Å². The second-order valence-electron chi connectivity index (χ2n) is 7.40. The minimum Gasteiger partial charge on any atom is -0.369 e. The van der Waals surface area contributed by atoms with Gasteiger partial charge in [-0.05, 0) is 43.9 Å². The van der Waals surface area contributed by atoms with E-state index in [1.54, 1.807) is 23.9 Å². The molecule has 1 saturated heterocycles. The minimum atomic E-state index is -0.163. The summed E-state index contributed by atoms with van der Waals surface area (Å²) < 4.78 is 8.33. The van der Waals surface area contributed by atoms with Crippen LogP contribution < -0.4 is 5.32 Å². The van der Waals surface area contributed by atoms with Crippen LogP contribution in [0.1, 0.15) is 46.3 Å². The number of likely N-dealkylation sites (tertiary alicyclic amines) is 1. The van der Waals surface area contributed by atoms with E-state index in [2.05, 4.69) is 28.2 Å². The Morgan fingerprint density at radius 3 is 3.00 bits per heavy atom. The number of piperidine rings is 1. The van der Waals surface area contributed by atoms with Crippen LogP contribution in [0.2, 0.25) is 0 Å². The number of fused-ring (bicyclic) bond motifs is 2. The first-order chi connectivity index (χ1) is 13.2. The molecule has 27 heavy (non-hydrogen) atoms. The summed E-state index contributed by atoms with van der Waals surface area (Å²) in [5, 5.41) is 3.07. The van der Waals surface area contributed by atoms with Crippen LogP contribution in [0.3, 0.4) is 0 Å².